The van der Waals surface area contributed by atoms with Crippen molar-refractivity contribution in [2.75, 3.05) is 26.2 Å². The van der Waals surface area contributed by atoms with Gasteiger partial charge in [-0.3, -0.25) is 4.90 Å². The highest BCUT2D eigenvalue weighted by molar-refractivity contribution is 4.79. The molecule has 90 valence electrons. The normalized spacial score (nSPS) is 22.4. The Morgan fingerprint density at radius 2 is 2.38 bits per heavy atom. The number of aryl methyl sites for hydroxylation is 1. The Kier molecular flexibility index (Phi) is 4.36. The summed E-state index contributed by atoms with van der Waals surface area (Å²) >= 11 is 0. The van der Waals surface area contributed by atoms with Gasteiger partial charge in [0.2, 0.25) is 0 Å². The van der Waals surface area contributed by atoms with Crippen molar-refractivity contribution in [2.24, 2.45) is 0 Å². The highest BCUT2D eigenvalue weighted by Gasteiger charge is 2.19. The van der Waals surface area contributed by atoms with Crippen LogP contribution in [0.2, 0.25) is 0 Å². The fourth-order valence-corrected chi connectivity index (χ4v) is 2.38. The van der Waals surface area contributed by atoms with Crippen LogP contribution in [-0.2, 0) is 6.54 Å². The number of imidazole rings is 1. The van der Waals surface area contributed by atoms with Crippen LogP contribution in [0.4, 0.5) is 0 Å². The summed E-state index contributed by atoms with van der Waals surface area (Å²) in [6.07, 6.45) is 8.24. The molecule has 1 atom stereocenters. The zero-order valence-electron chi connectivity index (χ0n) is 10.1. The maximum atomic E-state index is 4.06. The summed E-state index contributed by atoms with van der Waals surface area (Å²) in [6, 6.07) is 0.733. The molecular formula is C12H22N4. The number of piperazine rings is 1. The first-order valence-electron chi connectivity index (χ1n) is 6.30. The van der Waals surface area contributed by atoms with Crippen LogP contribution >= 0.6 is 0 Å². The fourth-order valence-electron chi connectivity index (χ4n) is 2.38. The summed E-state index contributed by atoms with van der Waals surface area (Å²) in [5, 5.41) is 3.46. The zero-order valence-corrected chi connectivity index (χ0v) is 10.1. The molecule has 4 heteroatoms. The van der Waals surface area contributed by atoms with Crippen LogP contribution in [0.15, 0.2) is 18.7 Å². The third-order valence-electron chi connectivity index (χ3n) is 3.36. The number of aromatic nitrogens is 2. The molecule has 0 aliphatic carbocycles. The minimum Gasteiger partial charge on any atom is -0.337 e. The number of nitrogens with zero attached hydrogens (tertiary/aromatic N) is 3. The van der Waals surface area contributed by atoms with Crippen LogP contribution in [0.1, 0.15) is 19.8 Å². The van der Waals surface area contributed by atoms with E-state index < -0.39 is 0 Å². The predicted molar refractivity (Wildman–Crippen MR) is 65.4 cm³/mol. The van der Waals surface area contributed by atoms with Gasteiger partial charge < -0.3 is 9.88 Å². The third kappa shape index (κ3) is 3.06. The van der Waals surface area contributed by atoms with Gasteiger partial charge in [0.1, 0.15) is 0 Å². The molecule has 0 amide bonds. The number of rotatable bonds is 5. The topological polar surface area (TPSA) is 33.1 Å². The van der Waals surface area contributed by atoms with Gasteiger partial charge in [-0.25, -0.2) is 4.98 Å². The number of hydrogen-bond donors (Lipinski definition) is 1. The van der Waals surface area contributed by atoms with Gasteiger partial charge in [0, 0.05) is 51.2 Å². The maximum absolute atomic E-state index is 4.06. The minimum atomic E-state index is 0.733. The van der Waals surface area contributed by atoms with Crippen molar-refractivity contribution < 1.29 is 0 Å². The largest absolute Gasteiger partial charge is 0.337 e. The van der Waals surface area contributed by atoms with Crippen LogP contribution < -0.4 is 5.32 Å². The Balaban J connectivity index is 1.71. The van der Waals surface area contributed by atoms with E-state index in [2.05, 4.69) is 26.7 Å². The lowest BCUT2D eigenvalue weighted by molar-refractivity contribution is 0.153. The molecule has 0 aromatic carbocycles. The highest BCUT2D eigenvalue weighted by Crippen LogP contribution is 2.07. The van der Waals surface area contributed by atoms with Crippen LogP contribution in [0.3, 0.4) is 0 Å². The number of nitrogens with one attached hydrogen (secondary N) is 1. The maximum Gasteiger partial charge on any atom is 0.0945 e. The van der Waals surface area contributed by atoms with Gasteiger partial charge in [0.05, 0.1) is 6.33 Å². The Labute approximate surface area is 97.7 Å². The van der Waals surface area contributed by atoms with E-state index in [1.807, 2.05) is 18.7 Å². The summed E-state index contributed by atoms with van der Waals surface area (Å²) in [6.45, 7) is 8.06. The lowest BCUT2D eigenvalue weighted by Gasteiger charge is -2.35. The van der Waals surface area contributed by atoms with Gasteiger partial charge in [-0.1, -0.05) is 6.92 Å². The van der Waals surface area contributed by atoms with Gasteiger partial charge in [0.15, 0.2) is 0 Å². The standard InChI is InChI=1S/C12H22N4/c1-2-12-10-13-5-9-16(12)7-3-6-15-8-4-14-11-15/h4,8,11-13H,2-3,5-7,9-10H2,1H3. The molecule has 1 aromatic rings. The molecule has 1 aliphatic rings. The van der Waals surface area contributed by atoms with Gasteiger partial charge in [0.25, 0.3) is 0 Å². The summed E-state index contributed by atoms with van der Waals surface area (Å²) in [5.74, 6) is 0. The van der Waals surface area contributed by atoms with Crippen molar-refractivity contribution in [3.8, 4) is 0 Å². The summed E-state index contributed by atoms with van der Waals surface area (Å²) in [4.78, 5) is 6.68. The average molecular weight is 222 g/mol. The molecular weight excluding hydrogens is 200 g/mol. The Bertz CT molecular complexity index is 283. The van der Waals surface area contributed by atoms with E-state index in [4.69, 9.17) is 0 Å². The first-order valence-corrected chi connectivity index (χ1v) is 6.30. The average Bonchev–Trinajstić information content (AvgIpc) is 2.83. The van der Waals surface area contributed by atoms with Gasteiger partial charge >= 0.3 is 0 Å². The second-order valence-corrected chi connectivity index (χ2v) is 4.46. The molecule has 1 unspecified atom stereocenters. The van der Waals surface area contributed by atoms with Gasteiger partial charge in [-0.05, 0) is 12.8 Å². The highest BCUT2D eigenvalue weighted by atomic mass is 15.2. The minimum absolute atomic E-state index is 0.733. The van der Waals surface area contributed by atoms with Gasteiger partial charge in [-0.15, -0.1) is 0 Å². The first kappa shape index (κ1) is 11.6. The van der Waals surface area contributed by atoms with Crippen LogP contribution in [0.25, 0.3) is 0 Å². The van der Waals surface area contributed by atoms with E-state index in [-0.39, 0.29) is 0 Å². The molecule has 0 bridgehead atoms. The van der Waals surface area contributed by atoms with E-state index in [0.29, 0.717) is 0 Å². The van der Waals surface area contributed by atoms with Crippen molar-refractivity contribution in [3.05, 3.63) is 18.7 Å². The monoisotopic (exact) mass is 222 g/mol. The van der Waals surface area contributed by atoms with Crippen molar-refractivity contribution in [1.29, 1.82) is 0 Å². The van der Waals surface area contributed by atoms with E-state index in [1.165, 1.54) is 25.9 Å². The Morgan fingerprint density at radius 1 is 1.44 bits per heavy atom. The predicted octanol–water partition coefficient (Wildman–Crippen LogP) is 0.957. The second-order valence-electron chi connectivity index (χ2n) is 4.46. The van der Waals surface area contributed by atoms with E-state index in [9.17, 15) is 0 Å². The van der Waals surface area contributed by atoms with E-state index in [0.717, 1.165) is 25.7 Å². The quantitative estimate of drug-likeness (QED) is 0.805. The zero-order chi connectivity index (χ0) is 11.2. The SMILES string of the molecule is CCC1CNCCN1CCCn1ccnc1. The van der Waals surface area contributed by atoms with E-state index >= 15 is 0 Å². The molecule has 2 heterocycles. The van der Waals surface area contributed by atoms with Crippen molar-refractivity contribution >= 4 is 0 Å². The molecule has 1 N–H and O–H groups in total. The molecule has 1 aliphatic heterocycles. The Morgan fingerprint density at radius 3 is 3.12 bits per heavy atom. The smallest absolute Gasteiger partial charge is 0.0945 e. The third-order valence-corrected chi connectivity index (χ3v) is 3.36. The Hall–Kier alpha value is -0.870. The lowest BCUT2D eigenvalue weighted by Crippen LogP contribution is -2.51. The van der Waals surface area contributed by atoms with Crippen LogP contribution in [0, 0.1) is 0 Å². The van der Waals surface area contributed by atoms with Crippen LogP contribution in [-0.4, -0.2) is 46.7 Å². The molecule has 4 nitrogen and oxygen atoms in total. The molecule has 16 heavy (non-hydrogen) atoms. The van der Waals surface area contributed by atoms with Gasteiger partial charge in [-0.2, -0.15) is 0 Å². The summed E-state index contributed by atoms with van der Waals surface area (Å²) < 4.78 is 2.16. The van der Waals surface area contributed by atoms with E-state index in [1.54, 1.807) is 0 Å². The molecule has 1 fully saturated rings. The molecule has 1 aromatic heterocycles. The van der Waals surface area contributed by atoms with Crippen LogP contribution in [0.5, 0.6) is 0 Å². The first-order chi connectivity index (χ1) is 7.90. The second kappa shape index (κ2) is 6.01. The van der Waals surface area contributed by atoms with Crippen molar-refractivity contribution in [3.63, 3.8) is 0 Å². The number of hydrogen-bond acceptors (Lipinski definition) is 3. The summed E-state index contributed by atoms with van der Waals surface area (Å²) in [5.41, 5.74) is 0. The summed E-state index contributed by atoms with van der Waals surface area (Å²) in [7, 11) is 0. The molecule has 2 rings (SSSR count). The lowest BCUT2D eigenvalue weighted by atomic mass is 10.1. The molecule has 1 saturated heterocycles. The van der Waals surface area contributed by atoms with Crippen molar-refractivity contribution in [1.82, 2.24) is 19.8 Å². The molecule has 0 spiro atoms. The molecule has 0 radical (unpaired) electrons. The molecule has 0 saturated carbocycles. The fraction of sp³-hybridized carbons (Fsp3) is 0.750. The van der Waals surface area contributed by atoms with Crippen molar-refractivity contribution in [2.45, 2.75) is 32.4 Å².